The summed E-state index contributed by atoms with van der Waals surface area (Å²) in [6.07, 6.45) is 3.01. The molecule has 31 heavy (non-hydrogen) atoms. The molecule has 0 aliphatic carbocycles. The molecule has 3 N–H and O–H groups in total. The van der Waals surface area contributed by atoms with Gasteiger partial charge in [0.25, 0.3) is 0 Å². The zero-order chi connectivity index (χ0) is 21.6. The van der Waals surface area contributed by atoms with Crippen LogP contribution in [0.1, 0.15) is 28.3 Å². The highest BCUT2D eigenvalue weighted by atomic mass is 15.3. The van der Waals surface area contributed by atoms with Gasteiger partial charge in [0.15, 0.2) is 11.8 Å². The third-order valence-electron chi connectivity index (χ3n) is 5.56. The number of aromatic amines is 1. The molecule has 2 aromatic carbocycles. The van der Waals surface area contributed by atoms with Crippen LogP contribution in [0, 0.1) is 13.8 Å². The maximum Gasteiger partial charge on any atom is 0.191 e. The van der Waals surface area contributed by atoms with E-state index in [-0.39, 0.29) is 0 Å². The van der Waals surface area contributed by atoms with E-state index in [1.165, 1.54) is 27.6 Å². The van der Waals surface area contributed by atoms with Crippen LogP contribution in [0.25, 0.3) is 10.9 Å². The van der Waals surface area contributed by atoms with Crippen LogP contribution < -0.4 is 10.6 Å². The van der Waals surface area contributed by atoms with Crippen molar-refractivity contribution in [2.45, 2.75) is 33.4 Å². The van der Waals surface area contributed by atoms with Crippen LogP contribution in [0.2, 0.25) is 0 Å². The van der Waals surface area contributed by atoms with Gasteiger partial charge in [-0.2, -0.15) is 0 Å². The average Bonchev–Trinajstić information content (AvgIpc) is 3.35. The number of fused-ring (bicyclic) bond motifs is 1. The summed E-state index contributed by atoms with van der Waals surface area (Å²) in [5.74, 6) is 2.53. The fourth-order valence-electron chi connectivity index (χ4n) is 3.58. The number of hydrogen-bond acceptors (Lipinski definition) is 3. The summed E-state index contributed by atoms with van der Waals surface area (Å²) in [5, 5.41) is 16.5. The minimum Gasteiger partial charge on any atom is -0.361 e. The summed E-state index contributed by atoms with van der Waals surface area (Å²) < 4.78 is 1.98. The molecule has 4 rings (SSSR count). The second-order valence-electron chi connectivity index (χ2n) is 7.71. The fourth-order valence-corrected chi connectivity index (χ4v) is 3.58. The third kappa shape index (κ3) is 4.94. The molecular weight excluding hydrogens is 386 g/mol. The molecule has 0 atom stereocenters. The quantitative estimate of drug-likeness (QED) is 0.319. The van der Waals surface area contributed by atoms with Gasteiger partial charge in [0.2, 0.25) is 0 Å². The Bertz CT molecular complexity index is 1170. The molecule has 0 spiro atoms. The Kier molecular flexibility index (Phi) is 6.31. The molecule has 0 unspecified atom stereocenters. The van der Waals surface area contributed by atoms with Gasteiger partial charge in [-0.05, 0) is 37.0 Å². The van der Waals surface area contributed by atoms with E-state index in [2.05, 4.69) is 69.3 Å². The van der Waals surface area contributed by atoms with Crippen molar-refractivity contribution in [1.82, 2.24) is 30.4 Å². The molecule has 0 bridgehead atoms. The van der Waals surface area contributed by atoms with E-state index in [9.17, 15) is 0 Å². The summed E-state index contributed by atoms with van der Waals surface area (Å²) in [4.78, 5) is 8.17. The van der Waals surface area contributed by atoms with Gasteiger partial charge >= 0.3 is 0 Å². The first kappa shape index (κ1) is 20.7. The maximum absolute atomic E-state index is 4.77. The van der Waals surface area contributed by atoms with E-state index in [0.29, 0.717) is 13.1 Å². The maximum atomic E-state index is 4.77. The van der Waals surface area contributed by atoms with Crippen molar-refractivity contribution < 1.29 is 0 Å². The van der Waals surface area contributed by atoms with Crippen LogP contribution >= 0.6 is 0 Å². The largest absolute Gasteiger partial charge is 0.361 e. The van der Waals surface area contributed by atoms with Crippen molar-refractivity contribution in [2.75, 3.05) is 6.54 Å². The van der Waals surface area contributed by atoms with Crippen molar-refractivity contribution in [1.29, 1.82) is 0 Å². The highest BCUT2D eigenvalue weighted by Crippen LogP contribution is 2.21. The van der Waals surface area contributed by atoms with E-state index in [0.717, 1.165) is 30.6 Å². The van der Waals surface area contributed by atoms with E-state index < -0.39 is 0 Å². The molecule has 0 aliphatic rings. The lowest BCUT2D eigenvalue weighted by atomic mass is 10.1. The molecular formula is C24H29N7. The summed E-state index contributed by atoms with van der Waals surface area (Å²) in [6.45, 7) is 6.03. The zero-order valence-corrected chi connectivity index (χ0v) is 18.3. The molecule has 0 aliphatic heterocycles. The Labute approximate surface area is 182 Å². The minimum absolute atomic E-state index is 0.560. The number of rotatable bonds is 7. The number of aryl methyl sites for hydroxylation is 2. The van der Waals surface area contributed by atoms with Gasteiger partial charge in [-0.25, -0.2) is 4.99 Å². The number of nitrogens with zero attached hydrogens (tertiary/aromatic N) is 4. The highest BCUT2D eigenvalue weighted by molar-refractivity contribution is 5.86. The van der Waals surface area contributed by atoms with Gasteiger partial charge in [-0.3, -0.25) is 0 Å². The van der Waals surface area contributed by atoms with E-state index in [1.54, 1.807) is 0 Å². The van der Waals surface area contributed by atoms with Crippen LogP contribution in [0.3, 0.4) is 0 Å². The third-order valence-corrected chi connectivity index (χ3v) is 5.56. The first-order valence-electron chi connectivity index (χ1n) is 10.6. The molecule has 4 aromatic rings. The molecule has 0 amide bonds. The molecule has 0 saturated heterocycles. The minimum atomic E-state index is 0.560. The number of hydrogen-bond donors (Lipinski definition) is 3. The van der Waals surface area contributed by atoms with Gasteiger partial charge < -0.3 is 20.2 Å². The van der Waals surface area contributed by atoms with Crippen molar-refractivity contribution >= 4 is 16.9 Å². The second kappa shape index (κ2) is 9.47. The Morgan fingerprint density at radius 1 is 1.03 bits per heavy atom. The molecule has 2 aromatic heterocycles. The van der Waals surface area contributed by atoms with Gasteiger partial charge in [0.1, 0.15) is 5.82 Å². The normalized spacial score (nSPS) is 11.8. The van der Waals surface area contributed by atoms with E-state index >= 15 is 0 Å². The topological polar surface area (TPSA) is 82.9 Å². The lowest BCUT2D eigenvalue weighted by Crippen LogP contribution is -2.38. The molecule has 2 heterocycles. The molecule has 7 heteroatoms. The number of benzene rings is 2. The Hall–Kier alpha value is -3.61. The molecule has 7 nitrogen and oxygen atoms in total. The smallest absolute Gasteiger partial charge is 0.191 e. The van der Waals surface area contributed by atoms with Crippen molar-refractivity contribution in [2.24, 2.45) is 12.0 Å². The number of para-hydroxylation sites is 1. The van der Waals surface area contributed by atoms with Crippen molar-refractivity contribution in [3.63, 3.8) is 0 Å². The summed E-state index contributed by atoms with van der Waals surface area (Å²) in [7, 11) is 1.97. The van der Waals surface area contributed by atoms with Crippen LogP contribution in [-0.2, 0) is 26.6 Å². The molecule has 0 fully saturated rings. The van der Waals surface area contributed by atoms with Crippen molar-refractivity contribution in [3.05, 3.63) is 83.1 Å². The van der Waals surface area contributed by atoms with Crippen LogP contribution in [0.4, 0.5) is 0 Å². The first-order chi connectivity index (χ1) is 15.1. The molecule has 0 radical (unpaired) electrons. The monoisotopic (exact) mass is 415 g/mol. The fraction of sp³-hybridized carbons (Fsp3) is 0.292. The first-order valence-corrected chi connectivity index (χ1v) is 10.6. The lowest BCUT2D eigenvalue weighted by Gasteiger charge is -2.12. The molecule has 160 valence electrons. The number of aromatic nitrogens is 4. The highest BCUT2D eigenvalue weighted by Gasteiger charge is 2.08. The Morgan fingerprint density at radius 3 is 2.65 bits per heavy atom. The standard InChI is InChI=1S/C24H29N7/c1-17-8-7-11-21-20(15-26-23(17)21)12-13-25-24(27-14-19-9-5-4-6-10-19)28-16-22-30-29-18(2)31(22)3/h4-11,15,26H,12-14,16H2,1-3H3,(H2,25,27,28). The zero-order valence-electron chi connectivity index (χ0n) is 18.3. The number of aliphatic imine (C=N–C) groups is 1. The van der Waals surface area contributed by atoms with Gasteiger partial charge in [0.05, 0.1) is 13.1 Å². The average molecular weight is 416 g/mol. The summed E-state index contributed by atoms with van der Waals surface area (Å²) in [5.41, 5.74) is 4.96. The predicted molar refractivity (Wildman–Crippen MR) is 125 cm³/mol. The summed E-state index contributed by atoms with van der Waals surface area (Å²) >= 11 is 0. The van der Waals surface area contributed by atoms with Gasteiger partial charge in [-0.15, -0.1) is 10.2 Å². The second-order valence-corrected chi connectivity index (χ2v) is 7.71. The van der Waals surface area contributed by atoms with Gasteiger partial charge in [0, 0.05) is 30.7 Å². The van der Waals surface area contributed by atoms with Gasteiger partial charge in [-0.1, -0.05) is 48.5 Å². The molecule has 0 saturated carbocycles. The predicted octanol–water partition coefficient (Wildman–Crippen LogP) is 3.39. The lowest BCUT2D eigenvalue weighted by molar-refractivity contribution is 0.713. The summed E-state index contributed by atoms with van der Waals surface area (Å²) in [6, 6.07) is 16.7. The number of H-pyrrole nitrogens is 1. The van der Waals surface area contributed by atoms with Crippen molar-refractivity contribution in [3.8, 4) is 0 Å². The SMILES string of the molecule is Cc1cccc2c(CCNC(=NCc3ccccc3)NCc3nnc(C)n3C)c[nH]c12. The van der Waals surface area contributed by atoms with E-state index in [1.807, 2.05) is 36.7 Å². The number of guanidine groups is 1. The number of nitrogens with one attached hydrogen (secondary N) is 3. The van der Waals surface area contributed by atoms with E-state index in [4.69, 9.17) is 4.99 Å². The Balaban J connectivity index is 1.42. The van der Waals surface area contributed by atoms with Crippen LogP contribution in [0.5, 0.6) is 0 Å². The Morgan fingerprint density at radius 2 is 1.87 bits per heavy atom. The van der Waals surface area contributed by atoms with Crippen LogP contribution in [0.15, 0.2) is 59.7 Å². The van der Waals surface area contributed by atoms with Crippen LogP contribution in [-0.4, -0.2) is 32.3 Å².